The summed E-state index contributed by atoms with van der Waals surface area (Å²) in [5.74, 6) is 0. The SMILES string of the molecule is CC(C)SSc1ccccc1.C[N+](=O)[O-]. The minimum Gasteiger partial charge on any atom is -0.265 e. The summed E-state index contributed by atoms with van der Waals surface area (Å²) in [5, 5.41) is 9.50. The Hall–Kier alpha value is -0.680. The smallest absolute Gasteiger partial charge is 0.194 e. The van der Waals surface area contributed by atoms with Crippen LogP contribution in [0.25, 0.3) is 0 Å². The standard InChI is InChI=1S/C9H12S2.CH3NO2/c1-8(2)10-11-9-6-4-3-5-7-9;1-2(3)4/h3-8H,1-2H3;1H3. The van der Waals surface area contributed by atoms with Gasteiger partial charge < -0.3 is 0 Å². The predicted molar refractivity (Wildman–Crippen MR) is 67.9 cm³/mol. The van der Waals surface area contributed by atoms with Gasteiger partial charge in [-0.05, 0) is 12.1 Å². The van der Waals surface area contributed by atoms with Crippen LogP contribution in [0.4, 0.5) is 0 Å². The van der Waals surface area contributed by atoms with E-state index >= 15 is 0 Å². The third-order valence-corrected chi connectivity index (χ3v) is 4.05. The monoisotopic (exact) mass is 245 g/mol. The van der Waals surface area contributed by atoms with Crippen molar-refractivity contribution in [2.75, 3.05) is 7.05 Å². The van der Waals surface area contributed by atoms with Gasteiger partial charge in [0.15, 0.2) is 7.05 Å². The Labute approximate surface area is 98.2 Å². The number of hydrogen-bond donors (Lipinski definition) is 0. The van der Waals surface area contributed by atoms with Gasteiger partial charge in [-0.15, -0.1) is 0 Å². The first-order valence-corrected chi connectivity index (χ1v) is 6.70. The molecule has 1 aromatic carbocycles. The molecular formula is C10H15NO2S2. The summed E-state index contributed by atoms with van der Waals surface area (Å²) < 4.78 is 0. The highest BCUT2D eigenvalue weighted by Crippen LogP contribution is 2.33. The minimum absolute atomic E-state index is 0.500. The molecule has 0 saturated heterocycles. The van der Waals surface area contributed by atoms with Crippen molar-refractivity contribution in [2.24, 2.45) is 0 Å². The van der Waals surface area contributed by atoms with E-state index in [2.05, 4.69) is 38.1 Å². The van der Waals surface area contributed by atoms with Crippen LogP contribution >= 0.6 is 21.6 Å². The second-order valence-corrected chi connectivity index (χ2v) is 5.83. The zero-order chi connectivity index (χ0) is 11.7. The zero-order valence-electron chi connectivity index (χ0n) is 9.04. The lowest BCUT2D eigenvalue weighted by Gasteiger charge is -2.02. The Morgan fingerprint density at radius 3 is 2.13 bits per heavy atom. The van der Waals surface area contributed by atoms with Crippen molar-refractivity contribution in [3.63, 3.8) is 0 Å². The summed E-state index contributed by atoms with van der Waals surface area (Å²) >= 11 is 0. The fraction of sp³-hybridized carbons (Fsp3) is 0.400. The highest BCUT2D eigenvalue weighted by atomic mass is 33.1. The maximum absolute atomic E-state index is 8.81. The van der Waals surface area contributed by atoms with E-state index in [0.717, 1.165) is 7.05 Å². The maximum atomic E-state index is 8.81. The van der Waals surface area contributed by atoms with Gasteiger partial charge in [0, 0.05) is 15.1 Å². The molecule has 1 rings (SSSR count). The Morgan fingerprint density at radius 1 is 1.27 bits per heavy atom. The van der Waals surface area contributed by atoms with Crippen LogP contribution in [0.15, 0.2) is 35.2 Å². The minimum atomic E-state index is -0.500. The molecule has 0 unspecified atom stereocenters. The lowest BCUT2D eigenvalue weighted by Crippen LogP contribution is -1.80. The first kappa shape index (κ1) is 14.3. The second kappa shape index (κ2) is 8.61. The van der Waals surface area contributed by atoms with Crippen LogP contribution in [0.5, 0.6) is 0 Å². The number of benzene rings is 1. The fourth-order valence-electron chi connectivity index (χ4n) is 0.628. The molecular weight excluding hydrogens is 230 g/mol. The molecule has 0 spiro atoms. The van der Waals surface area contributed by atoms with E-state index in [4.69, 9.17) is 10.1 Å². The van der Waals surface area contributed by atoms with Gasteiger partial charge in [0.1, 0.15) is 0 Å². The molecule has 5 heteroatoms. The average Bonchev–Trinajstić information content (AvgIpc) is 2.15. The maximum Gasteiger partial charge on any atom is 0.194 e. The molecule has 84 valence electrons. The van der Waals surface area contributed by atoms with Gasteiger partial charge in [-0.2, -0.15) is 0 Å². The third-order valence-electron chi connectivity index (χ3n) is 1.08. The van der Waals surface area contributed by atoms with Crippen LogP contribution in [-0.2, 0) is 0 Å². The molecule has 0 radical (unpaired) electrons. The van der Waals surface area contributed by atoms with Crippen LogP contribution in [0.1, 0.15) is 13.8 Å². The molecule has 0 saturated carbocycles. The number of hydrogen-bond acceptors (Lipinski definition) is 4. The summed E-state index contributed by atoms with van der Waals surface area (Å²) in [6.45, 7) is 4.42. The Kier molecular flexibility index (Phi) is 8.22. The van der Waals surface area contributed by atoms with Gasteiger partial charge in [-0.1, -0.05) is 53.6 Å². The molecule has 0 N–H and O–H groups in total. The van der Waals surface area contributed by atoms with Gasteiger partial charge in [-0.3, -0.25) is 10.1 Å². The lowest BCUT2D eigenvalue weighted by molar-refractivity contribution is -0.445. The summed E-state index contributed by atoms with van der Waals surface area (Å²) in [4.78, 5) is 9.64. The molecule has 0 aliphatic heterocycles. The topological polar surface area (TPSA) is 43.1 Å². The molecule has 15 heavy (non-hydrogen) atoms. The van der Waals surface area contributed by atoms with E-state index < -0.39 is 4.92 Å². The van der Waals surface area contributed by atoms with Gasteiger partial charge in [-0.25, -0.2) is 0 Å². The molecule has 3 nitrogen and oxygen atoms in total. The fourth-order valence-corrected chi connectivity index (χ4v) is 2.44. The molecule has 0 aliphatic carbocycles. The largest absolute Gasteiger partial charge is 0.265 e. The molecule has 0 amide bonds. The van der Waals surface area contributed by atoms with Gasteiger partial charge in [0.25, 0.3) is 0 Å². The van der Waals surface area contributed by atoms with Crippen molar-refractivity contribution in [3.05, 3.63) is 40.4 Å². The van der Waals surface area contributed by atoms with Gasteiger partial charge in [0.2, 0.25) is 0 Å². The second-order valence-electron chi connectivity index (χ2n) is 2.98. The number of rotatable bonds is 3. The van der Waals surface area contributed by atoms with E-state index in [-0.39, 0.29) is 0 Å². The third kappa shape index (κ3) is 11.2. The van der Waals surface area contributed by atoms with E-state index in [1.54, 1.807) is 0 Å². The highest BCUT2D eigenvalue weighted by molar-refractivity contribution is 8.76. The van der Waals surface area contributed by atoms with Gasteiger partial charge >= 0.3 is 0 Å². The Morgan fingerprint density at radius 2 is 1.73 bits per heavy atom. The number of nitro groups is 1. The van der Waals surface area contributed by atoms with Crippen LogP contribution in [0, 0.1) is 10.1 Å². The quantitative estimate of drug-likeness (QED) is 0.462. The van der Waals surface area contributed by atoms with Crippen molar-refractivity contribution < 1.29 is 4.92 Å². The molecule has 0 atom stereocenters. The summed E-state index contributed by atoms with van der Waals surface area (Å²) in [6, 6.07) is 10.5. The highest BCUT2D eigenvalue weighted by Gasteiger charge is 1.95. The van der Waals surface area contributed by atoms with Crippen LogP contribution in [-0.4, -0.2) is 17.2 Å². The lowest BCUT2D eigenvalue weighted by atomic mass is 10.4. The average molecular weight is 245 g/mol. The summed E-state index contributed by atoms with van der Waals surface area (Å²) in [6.07, 6.45) is 0. The zero-order valence-corrected chi connectivity index (χ0v) is 10.7. The molecule has 1 aromatic rings. The van der Waals surface area contributed by atoms with E-state index in [1.807, 2.05) is 27.7 Å². The van der Waals surface area contributed by atoms with Crippen LogP contribution in [0.3, 0.4) is 0 Å². The molecule has 0 aromatic heterocycles. The Bertz CT molecular complexity index is 274. The predicted octanol–water partition coefficient (Wildman–Crippen LogP) is 3.73. The van der Waals surface area contributed by atoms with Crippen LogP contribution < -0.4 is 0 Å². The van der Waals surface area contributed by atoms with E-state index in [9.17, 15) is 0 Å². The molecule has 0 bridgehead atoms. The molecule has 0 aliphatic rings. The van der Waals surface area contributed by atoms with E-state index in [1.165, 1.54) is 4.90 Å². The molecule has 0 heterocycles. The normalized spacial score (nSPS) is 9.33. The van der Waals surface area contributed by atoms with Crippen molar-refractivity contribution >= 4 is 21.6 Å². The van der Waals surface area contributed by atoms with Crippen molar-refractivity contribution in [2.45, 2.75) is 24.0 Å². The van der Waals surface area contributed by atoms with Crippen molar-refractivity contribution in [1.82, 2.24) is 0 Å². The number of nitrogens with zero attached hydrogens (tertiary/aromatic N) is 1. The van der Waals surface area contributed by atoms with E-state index in [0.29, 0.717) is 5.25 Å². The van der Waals surface area contributed by atoms with Crippen LogP contribution in [0.2, 0.25) is 0 Å². The Balaban J connectivity index is 0.000000423. The summed E-state index contributed by atoms with van der Waals surface area (Å²) in [7, 11) is 4.64. The first-order valence-electron chi connectivity index (χ1n) is 4.48. The van der Waals surface area contributed by atoms with Gasteiger partial charge in [0.05, 0.1) is 0 Å². The first-order chi connectivity index (χ1) is 7.02. The molecule has 0 fully saturated rings. The van der Waals surface area contributed by atoms with Crippen molar-refractivity contribution in [1.29, 1.82) is 0 Å². The van der Waals surface area contributed by atoms with Crippen molar-refractivity contribution in [3.8, 4) is 0 Å². The summed E-state index contributed by atoms with van der Waals surface area (Å²) in [5.41, 5.74) is 0.